The number of benzene rings is 2. The molecule has 7 nitrogen and oxygen atoms in total. The Balaban J connectivity index is 1.44. The van der Waals surface area contributed by atoms with Gasteiger partial charge in [-0.15, -0.1) is 11.8 Å². The second-order valence-corrected chi connectivity index (χ2v) is 13.4. The molecule has 38 heavy (non-hydrogen) atoms. The summed E-state index contributed by atoms with van der Waals surface area (Å²) in [4.78, 5) is 43.2. The number of hydrogen-bond donors (Lipinski definition) is 3. The van der Waals surface area contributed by atoms with Crippen LogP contribution < -0.4 is 10.6 Å². The first kappa shape index (κ1) is 27.5. The highest BCUT2D eigenvalue weighted by atomic mass is 79.9. The van der Waals surface area contributed by atoms with Crippen molar-refractivity contribution in [2.75, 3.05) is 25.0 Å². The van der Waals surface area contributed by atoms with E-state index in [0.717, 1.165) is 42.9 Å². The Morgan fingerprint density at radius 1 is 1.11 bits per heavy atom. The average molecular weight is 603 g/mol. The number of halogens is 1. The van der Waals surface area contributed by atoms with Crippen molar-refractivity contribution in [2.45, 2.75) is 66.3 Å². The summed E-state index contributed by atoms with van der Waals surface area (Å²) < 4.78 is -0.643. The van der Waals surface area contributed by atoms with Gasteiger partial charge in [0, 0.05) is 35.5 Å². The first-order chi connectivity index (χ1) is 18.4. The number of thioether (sulfide) groups is 1. The van der Waals surface area contributed by atoms with Crippen molar-refractivity contribution < 1.29 is 19.5 Å². The van der Waals surface area contributed by atoms with Crippen LogP contribution in [0.1, 0.15) is 45.4 Å². The minimum atomic E-state index is -0.650. The summed E-state index contributed by atoms with van der Waals surface area (Å²) in [5.74, 6) is -1.29. The van der Waals surface area contributed by atoms with E-state index in [2.05, 4.69) is 26.6 Å². The molecule has 0 aliphatic carbocycles. The SMILES string of the molecule is CCCNC(=O)[C@H]1[C@H]2C(=O)N(CCCCCCO)C(C(=O)Nc3ccc4ccccc4c3)C23CC(Br)[C@@H]1S3. The molecule has 3 aliphatic heterocycles. The summed E-state index contributed by atoms with van der Waals surface area (Å²) in [5.41, 5.74) is 0.703. The van der Waals surface area contributed by atoms with E-state index in [4.69, 9.17) is 5.11 Å². The molecular formula is C29H36BrN3O4S. The van der Waals surface area contributed by atoms with Gasteiger partial charge in [-0.05, 0) is 48.6 Å². The second kappa shape index (κ2) is 11.6. The van der Waals surface area contributed by atoms with E-state index in [1.54, 1.807) is 16.7 Å². The fourth-order valence-electron chi connectivity index (χ4n) is 6.56. The molecule has 0 aromatic heterocycles. The van der Waals surface area contributed by atoms with Crippen LogP contribution in [0.3, 0.4) is 0 Å². The maximum absolute atomic E-state index is 14.1. The molecule has 2 aromatic carbocycles. The number of alkyl halides is 1. The summed E-state index contributed by atoms with van der Waals surface area (Å²) in [6.07, 6.45) is 4.74. The van der Waals surface area contributed by atoms with Crippen molar-refractivity contribution in [3.63, 3.8) is 0 Å². The van der Waals surface area contributed by atoms with Crippen LogP contribution in [0, 0.1) is 11.8 Å². The number of aliphatic hydroxyl groups excluding tert-OH is 1. The highest BCUT2D eigenvalue weighted by Gasteiger charge is 2.75. The number of unbranched alkanes of at least 4 members (excludes halogenated alkanes) is 3. The van der Waals surface area contributed by atoms with Gasteiger partial charge in [0.05, 0.1) is 16.6 Å². The number of nitrogens with one attached hydrogen (secondary N) is 2. The van der Waals surface area contributed by atoms with Gasteiger partial charge in [-0.1, -0.05) is 66.0 Å². The van der Waals surface area contributed by atoms with Crippen LogP contribution in [-0.2, 0) is 14.4 Å². The first-order valence-electron chi connectivity index (χ1n) is 13.7. The molecule has 2 bridgehead atoms. The molecule has 3 N–H and O–H groups in total. The first-order valence-corrected chi connectivity index (χ1v) is 15.5. The van der Waals surface area contributed by atoms with Crippen LogP contribution in [0.2, 0.25) is 0 Å². The number of anilines is 1. The van der Waals surface area contributed by atoms with E-state index < -0.39 is 22.6 Å². The zero-order valence-electron chi connectivity index (χ0n) is 21.7. The minimum absolute atomic E-state index is 0.0384. The monoisotopic (exact) mass is 601 g/mol. The Morgan fingerprint density at radius 2 is 1.87 bits per heavy atom. The summed E-state index contributed by atoms with van der Waals surface area (Å²) >= 11 is 5.48. The molecule has 0 radical (unpaired) electrons. The molecule has 9 heteroatoms. The topological polar surface area (TPSA) is 98.7 Å². The molecule has 3 fully saturated rings. The predicted molar refractivity (Wildman–Crippen MR) is 155 cm³/mol. The Bertz CT molecular complexity index is 1210. The van der Waals surface area contributed by atoms with Gasteiger partial charge in [-0.2, -0.15) is 0 Å². The molecule has 3 saturated heterocycles. The number of fused-ring (bicyclic) bond motifs is 2. The predicted octanol–water partition coefficient (Wildman–Crippen LogP) is 4.32. The molecule has 1 spiro atoms. The molecule has 6 atom stereocenters. The Hall–Kier alpha value is -2.10. The van der Waals surface area contributed by atoms with Gasteiger partial charge in [0.25, 0.3) is 0 Å². The lowest BCUT2D eigenvalue weighted by Gasteiger charge is -2.35. The Labute approximate surface area is 236 Å². The molecule has 3 amide bonds. The van der Waals surface area contributed by atoms with Gasteiger partial charge in [0.15, 0.2) is 0 Å². The third kappa shape index (κ3) is 4.86. The third-order valence-corrected chi connectivity index (χ3v) is 11.4. The quantitative estimate of drug-likeness (QED) is 0.263. The second-order valence-electron chi connectivity index (χ2n) is 10.7. The van der Waals surface area contributed by atoms with E-state index >= 15 is 0 Å². The Morgan fingerprint density at radius 3 is 2.63 bits per heavy atom. The van der Waals surface area contributed by atoms with E-state index in [0.29, 0.717) is 25.2 Å². The van der Waals surface area contributed by atoms with Crippen LogP contribution >= 0.6 is 27.7 Å². The highest BCUT2D eigenvalue weighted by molar-refractivity contribution is 9.09. The normalized spacial score (nSPS) is 29.6. The van der Waals surface area contributed by atoms with E-state index in [-0.39, 0.29) is 34.4 Å². The number of hydrogen-bond acceptors (Lipinski definition) is 5. The molecular weight excluding hydrogens is 566 g/mol. The van der Waals surface area contributed by atoms with Gasteiger partial charge < -0.3 is 20.6 Å². The fraction of sp³-hybridized carbons (Fsp3) is 0.552. The number of likely N-dealkylation sites (tertiary alicyclic amines) is 1. The number of aliphatic hydroxyl groups is 1. The molecule has 204 valence electrons. The maximum atomic E-state index is 14.1. The third-order valence-electron chi connectivity index (χ3n) is 8.21. The van der Waals surface area contributed by atoms with Crippen molar-refractivity contribution in [2.24, 2.45) is 11.8 Å². The van der Waals surface area contributed by atoms with Gasteiger partial charge in [0.2, 0.25) is 17.7 Å². The largest absolute Gasteiger partial charge is 0.396 e. The number of nitrogens with zero attached hydrogens (tertiary/aromatic N) is 1. The lowest BCUT2D eigenvalue weighted by atomic mass is 9.70. The van der Waals surface area contributed by atoms with Crippen LogP contribution in [0.25, 0.3) is 10.8 Å². The lowest BCUT2D eigenvalue weighted by molar-refractivity contribution is -0.139. The van der Waals surface area contributed by atoms with E-state index in [1.165, 1.54) is 0 Å². The highest BCUT2D eigenvalue weighted by Crippen LogP contribution is 2.67. The summed E-state index contributed by atoms with van der Waals surface area (Å²) in [5, 5.41) is 17.4. The van der Waals surface area contributed by atoms with Crippen LogP contribution in [0.4, 0.5) is 5.69 Å². The average Bonchev–Trinajstić information content (AvgIpc) is 3.50. The number of rotatable bonds is 11. The zero-order valence-corrected chi connectivity index (χ0v) is 24.1. The fourth-order valence-corrected chi connectivity index (χ4v) is 10.2. The molecule has 3 unspecified atom stereocenters. The van der Waals surface area contributed by atoms with Crippen molar-refractivity contribution in [1.82, 2.24) is 10.2 Å². The van der Waals surface area contributed by atoms with Crippen LogP contribution in [0.5, 0.6) is 0 Å². The molecule has 2 aromatic rings. The van der Waals surface area contributed by atoms with E-state index in [9.17, 15) is 14.4 Å². The molecule has 3 heterocycles. The lowest BCUT2D eigenvalue weighted by Crippen LogP contribution is -2.53. The van der Waals surface area contributed by atoms with Crippen LogP contribution in [-0.4, -0.2) is 68.3 Å². The maximum Gasteiger partial charge on any atom is 0.248 e. The smallest absolute Gasteiger partial charge is 0.248 e. The minimum Gasteiger partial charge on any atom is -0.396 e. The summed E-state index contributed by atoms with van der Waals surface area (Å²) in [7, 11) is 0. The molecule has 3 aliphatic rings. The van der Waals surface area contributed by atoms with E-state index in [1.807, 2.05) is 49.4 Å². The number of carbonyl (C=O) groups excluding carboxylic acids is 3. The van der Waals surface area contributed by atoms with Gasteiger partial charge in [0.1, 0.15) is 6.04 Å². The Kier molecular flexibility index (Phi) is 8.36. The van der Waals surface area contributed by atoms with Gasteiger partial charge in [-0.25, -0.2) is 0 Å². The molecule has 5 rings (SSSR count). The van der Waals surface area contributed by atoms with Crippen molar-refractivity contribution >= 4 is 61.9 Å². The number of carbonyl (C=O) groups is 3. The van der Waals surface area contributed by atoms with Gasteiger partial charge in [-0.3, -0.25) is 14.4 Å². The van der Waals surface area contributed by atoms with Crippen molar-refractivity contribution in [3.8, 4) is 0 Å². The van der Waals surface area contributed by atoms with Crippen LogP contribution in [0.15, 0.2) is 42.5 Å². The van der Waals surface area contributed by atoms with Crippen molar-refractivity contribution in [1.29, 1.82) is 0 Å². The summed E-state index contributed by atoms with van der Waals surface area (Å²) in [6, 6.07) is 13.2. The zero-order chi connectivity index (χ0) is 26.9. The van der Waals surface area contributed by atoms with Crippen molar-refractivity contribution in [3.05, 3.63) is 42.5 Å². The number of amides is 3. The molecule has 0 saturated carbocycles. The van der Waals surface area contributed by atoms with Gasteiger partial charge >= 0.3 is 0 Å². The standard InChI is InChI=1S/C29H36BrN3O4S/c1-2-13-31-26(35)22-23-28(37)33(14-7-3-4-8-15-34)25(29(23)17-21(30)24(22)38-29)27(36)32-20-12-11-18-9-5-6-10-19(18)16-20/h5-6,9-12,16,21-25,34H,2-4,7-8,13-15,17H2,1H3,(H,31,35)(H,32,36)/t21?,22-,23-,24-,25?,29?/m0/s1. The summed E-state index contributed by atoms with van der Waals surface area (Å²) in [6.45, 7) is 3.22.